The highest BCUT2D eigenvalue weighted by Gasteiger charge is 2.39. The quantitative estimate of drug-likeness (QED) is 0.517. The predicted molar refractivity (Wildman–Crippen MR) is 112 cm³/mol. The number of nitriles is 1. The first-order valence-electron chi connectivity index (χ1n) is 9.95. The number of alkyl halides is 3. The van der Waals surface area contributed by atoms with Crippen molar-refractivity contribution in [2.75, 3.05) is 6.61 Å². The number of halogens is 3. The summed E-state index contributed by atoms with van der Waals surface area (Å²) in [7, 11) is 0. The number of ether oxygens (including phenoxy) is 2. The Morgan fingerprint density at radius 2 is 2.00 bits per heavy atom. The molecule has 1 heterocycles. The van der Waals surface area contributed by atoms with E-state index in [0.29, 0.717) is 16.3 Å². The normalized spacial score (nSPS) is 17.7. The second-order valence-corrected chi connectivity index (χ2v) is 7.47. The maximum absolute atomic E-state index is 13.3. The van der Waals surface area contributed by atoms with Crippen molar-refractivity contribution >= 4 is 22.6 Å². The molecule has 0 aliphatic carbocycles. The van der Waals surface area contributed by atoms with Gasteiger partial charge in [-0.2, -0.15) is 18.4 Å². The number of hydrogen-bond acceptors (Lipinski definition) is 6. The molecule has 33 heavy (non-hydrogen) atoms. The van der Waals surface area contributed by atoms with Crippen molar-refractivity contribution in [3.8, 4) is 17.6 Å². The first-order valence-corrected chi connectivity index (χ1v) is 9.95. The molecule has 2 atom stereocenters. The van der Waals surface area contributed by atoms with Crippen LogP contribution in [0.1, 0.15) is 39.9 Å². The number of esters is 1. The van der Waals surface area contributed by atoms with Crippen molar-refractivity contribution in [1.82, 2.24) is 0 Å². The summed E-state index contributed by atoms with van der Waals surface area (Å²) in [5.74, 6) is -3.42. The third-order valence-electron chi connectivity index (χ3n) is 5.49. The molecule has 0 spiro atoms. The fourth-order valence-corrected chi connectivity index (χ4v) is 4.00. The van der Waals surface area contributed by atoms with Gasteiger partial charge in [0.05, 0.1) is 18.2 Å². The summed E-state index contributed by atoms with van der Waals surface area (Å²) in [4.78, 5) is 12.1. The molecule has 0 aromatic heterocycles. The van der Waals surface area contributed by atoms with E-state index in [4.69, 9.17) is 14.9 Å². The van der Waals surface area contributed by atoms with E-state index in [0.717, 1.165) is 12.1 Å². The number of carbonyl (C=O) groups is 1. The van der Waals surface area contributed by atoms with Crippen molar-refractivity contribution in [2.24, 2.45) is 5.92 Å². The van der Waals surface area contributed by atoms with Crippen LogP contribution >= 0.6 is 0 Å². The predicted octanol–water partition coefficient (Wildman–Crippen LogP) is 5.38. The molecule has 3 aromatic carbocycles. The summed E-state index contributed by atoms with van der Waals surface area (Å²) in [6, 6.07) is 12.5. The van der Waals surface area contributed by atoms with E-state index in [2.05, 4.69) is 0 Å². The molecular weight excluding hydrogens is 437 g/mol. The van der Waals surface area contributed by atoms with Crippen molar-refractivity contribution in [3.05, 3.63) is 70.8 Å². The second kappa shape index (κ2) is 8.13. The van der Waals surface area contributed by atoms with Crippen LogP contribution in [0.15, 0.2) is 48.5 Å². The van der Waals surface area contributed by atoms with Crippen LogP contribution in [0.3, 0.4) is 0 Å². The van der Waals surface area contributed by atoms with Crippen molar-refractivity contribution in [2.45, 2.75) is 19.0 Å². The van der Waals surface area contributed by atoms with Gasteiger partial charge in [0, 0.05) is 16.9 Å². The molecule has 2 unspecified atom stereocenters. The number of rotatable bonds is 3. The van der Waals surface area contributed by atoms with Crippen molar-refractivity contribution < 1.29 is 32.5 Å². The summed E-state index contributed by atoms with van der Waals surface area (Å²) in [6.07, 6.45) is -4.57. The molecule has 3 aromatic rings. The number of fused-ring (bicyclic) bond motifs is 3. The molecule has 9 heteroatoms. The van der Waals surface area contributed by atoms with Crippen molar-refractivity contribution in [1.29, 1.82) is 10.7 Å². The molecule has 168 valence electrons. The zero-order chi connectivity index (χ0) is 23.9. The number of aromatic hydroxyl groups is 1. The molecule has 0 fully saturated rings. The largest absolute Gasteiger partial charge is 0.507 e. The van der Waals surface area contributed by atoms with E-state index in [1.807, 2.05) is 6.07 Å². The minimum atomic E-state index is -4.57. The Balaban J connectivity index is 1.92. The average molecular weight is 454 g/mol. The third kappa shape index (κ3) is 3.84. The maximum atomic E-state index is 13.3. The van der Waals surface area contributed by atoms with Gasteiger partial charge in [-0.25, -0.2) is 4.79 Å². The first-order chi connectivity index (χ1) is 15.7. The number of phenolic OH excluding ortho intramolecular Hbond substituents is 1. The van der Waals surface area contributed by atoms with Gasteiger partial charge in [-0.3, -0.25) is 5.41 Å². The minimum absolute atomic E-state index is 0.0560. The highest BCUT2D eigenvalue weighted by molar-refractivity contribution is 6.02. The van der Waals surface area contributed by atoms with Gasteiger partial charge in [0.15, 0.2) is 0 Å². The van der Waals surface area contributed by atoms with Crippen LogP contribution in [0.5, 0.6) is 11.5 Å². The molecule has 1 aliphatic rings. The monoisotopic (exact) mass is 454 g/mol. The summed E-state index contributed by atoms with van der Waals surface area (Å²) < 4.78 is 50.4. The van der Waals surface area contributed by atoms with E-state index in [-0.39, 0.29) is 29.2 Å². The van der Waals surface area contributed by atoms with Gasteiger partial charge >= 0.3 is 12.1 Å². The Hall–Kier alpha value is -4.06. The van der Waals surface area contributed by atoms with E-state index in [9.17, 15) is 28.3 Å². The molecule has 0 radical (unpaired) electrons. The average Bonchev–Trinajstić information content (AvgIpc) is 2.77. The first kappa shape index (κ1) is 22.1. The number of benzene rings is 3. The Bertz CT molecular complexity index is 1330. The second-order valence-electron chi connectivity index (χ2n) is 7.47. The highest BCUT2D eigenvalue weighted by Crippen LogP contribution is 2.47. The third-order valence-corrected chi connectivity index (χ3v) is 5.49. The number of hydrogen-bond donors (Lipinski definition) is 2. The SMILES string of the molecule is CCOC(=O)c1cc2ccc3c(c2cc1O)OC(=N)C(C#N)C3c1cccc(C(F)(F)F)c1. The smallest absolute Gasteiger partial charge is 0.416 e. The molecule has 0 bridgehead atoms. The molecular formula is C24H17F3N2O4. The van der Waals surface area contributed by atoms with E-state index < -0.39 is 35.4 Å². The van der Waals surface area contributed by atoms with Gasteiger partial charge in [-0.15, -0.1) is 0 Å². The van der Waals surface area contributed by atoms with Gasteiger partial charge < -0.3 is 14.6 Å². The summed E-state index contributed by atoms with van der Waals surface area (Å²) in [6.45, 7) is 1.75. The van der Waals surface area contributed by atoms with E-state index in [1.165, 1.54) is 24.3 Å². The zero-order valence-electron chi connectivity index (χ0n) is 17.2. The standard InChI is InChI=1S/C24H17F3N2O4/c1-2-32-23(31)17-9-12-6-7-15-20(13-4-3-5-14(8-13)24(25,26)27)18(11-28)22(29)33-21(15)16(12)10-19(17)30/h3-10,18,20,29-30H,2H2,1H3. The Morgan fingerprint density at radius 1 is 1.24 bits per heavy atom. The highest BCUT2D eigenvalue weighted by atomic mass is 19.4. The van der Waals surface area contributed by atoms with Crippen LogP contribution in [0.4, 0.5) is 13.2 Å². The van der Waals surface area contributed by atoms with Crippen LogP contribution in [0, 0.1) is 22.7 Å². The van der Waals surface area contributed by atoms with E-state index in [1.54, 1.807) is 19.1 Å². The zero-order valence-corrected chi connectivity index (χ0v) is 17.2. The van der Waals surface area contributed by atoms with Crippen molar-refractivity contribution in [3.63, 3.8) is 0 Å². The lowest BCUT2D eigenvalue weighted by molar-refractivity contribution is -0.137. The Kier molecular flexibility index (Phi) is 5.46. The number of nitrogens with zero attached hydrogens (tertiary/aromatic N) is 1. The van der Waals surface area contributed by atoms with Gasteiger partial charge in [0.25, 0.3) is 0 Å². The lowest BCUT2D eigenvalue weighted by Gasteiger charge is -2.31. The molecule has 1 aliphatic heterocycles. The Labute approximate surface area is 186 Å². The van der Waals surface area contributed by atoms with E-state index >= 15 is 0 Å². The van der Waals surface area contributed by atoms with Crippen LogP contribution in [0.2, 0.25) is 0 Å². The lowest BCUT2D eigenvalue weighted by atomic mass is 9.78. The molecule has 4 rings (SSSR count). The number of carbonyl (C=O) groups excluding carboxylic acids is 1. The van der Waals surface area contributed by atoms with Crippen LogP contribution in [-0.4, -0.2) is 23.6 Å². The van der Waals surface area contributed by atoms with Gasteiger partial charge in [-0.05, 0) is 36.1 Å². The molecule has 2 N–H and O–H groups in total. The molecule has 6 nitrogen and oxygen atoms in total. The number of phenols is 1. The lowest BCUT2D eigenvalue weighted by Crippen LogP contribution is -2.31. The molecule has 0 saturated carbocycles. The summed E-state index contributed by atoms with van der Waals surface area (Å²) in [5.41, 5.74) is -0.321. The van der Waals surface area contributed by atoms with Crippen LogP contribution < -0.4 is 4.74 Å². The molecule has 0 saturated heterocycles. The minimum Gasteiger partial charge on any atom is -0.507 e. The Morgan fingerprint density at radius 3 is 2.67 bits per heavy atom. The van der Waals surface area contributed by atoms with Gasteiger partial charge in [0.1, 0.15) is 23.0 Å². The van der Waals surface area contributed by atoms with Crippen LogP contribution in [0.25, 0.3) is 10.8 Å². The maximum Gasteiger partial charge on any atom is 0.416 e. The fraction of sp³-hybridized carbons (Fsp3) is 0.208. The van der Waals surface area contributed by atoms with Gasteiger partial charge in [-0.1, -0.05) is 30.3 Å². The molecule has 0 amide bonds. The summed E-state index contributed by atoms with van der Waals surface area (Å²) in [5, 5.41) is 29.1. The number of nitrogens with one attached hydrogen (secondary N) is 1. The fourth-order valence-electron chi connectivity index (χ4n) is 4.00. The van der Waals surface area contributed by atoms with Crippen LogP contribution in [-0.2, 0) is 10.9 Å². The summed E-state index contributed by atoms with van der Waals surface area (Å²) >= 11 is 0. The topological polar surface area (TPSA) is 103 Å². The van der Waals surface area contributed by atoms with Gasteiger partial charge in [0.2, 0.25) is 5.90 Å².